The van der Waals surface area contributed by atoms with Crippen LogP contribution in [0.1, 0.15) is 72.6 Å². The van der Waals surface area contributed by atoms with Gasteiger partial charge in [0, 0.05) is 18.5 Å². The van der Waals surface area contributed by atoms with E-state index in [0.717, 1.165) is 6.42 Å². The standard InChI is InChI=1S/C24H35N3O3/c1-16(2)26-19-12-8-9-13-20(19)27(17(3)4)24(30)22(23(26)29)25-21(28)15-14-18-10-6-5-7-11-18/h8-9,12-13,16-18,22H,5-7,10-11,14-15H2,1-4H3,(H,25,28). The van der Waals surface area contributed by atoms with Crippen LogP contribution in [0.2, 0.25) is 0 Å². The van der Waals surface area contributed by atoms with Crippen LogP contribution < -0.4 is 15.1 Å². The number of hydrogen-bond acceptors (Lipinski definition) is 3. The third-order valence-electron chi connectivity index (χ3n) is 6.21. The Kier molecular flexibility index (Phi) is 7.16. The molecular formula is C24H35N3O3. The van der Waals surface area contributed by atoms with Crippen LogP contribution in [0.4, 0.5) is 11.4 Å². The molecule has 1 aromatic rings. The van der Waals surface area contributed by atoms with Crippen molar-refractivity contribution in [1.82, 2.24) is 5.32 Å². The molecule has 0 aromatic heterocycles. The highest BCUT2D eigenvalue weighted by molar-refractivity contribution is 6.21. The van der Waals surface area contributed by atoms with Crippen molar-refractivity contribution in [2.45, 2.75) is 90.8 Å². The van der Waals surface area contributed by atoms with Gasteiger partial charge in [0.2, 0.25) is 5.91 Å². The first-order valence-corrected chi connectivity index (χ1v) is 11.4. The van der Waals surface area contributed by atoms with Crippen LogP contribution >= 0.6 is 0 Å². The summed E-state index contributed by atoms with van der Waals surface area (Å²) >= 11 is 0. The van der Waals surface area contributed by atoms with Gasteiger partial charge in [0.15, 0.2) is 6.04 Å². The monoisotopic (exact) mass is 413 g/mol. The summed E-state index contributed by atoms with van der Waals surface area (Å²) in [7, 11) is 0. The lowest BCUT2D eigenvalue weighted by molar-refractivity contribution is -0.134. The van der Waals surface area contributed by atoms with Crippen molar-refractivity contribution < 1.29 is 14.4 Å². The van der Waals surface area contributed by atoms with E-state index in [1.54, 1.807) is 9.80 Å². The molecule has 3 rings (SSSR count). The summed E-state index contributed by atoms with van der Waals surface area (Å²) in [6.07, 6.45) is 7.28. The van der Waals surface area contributed by atoms with Crippen LogP contribution in [0.3, 0.4) is 0 Å². The SMILES string of the molecule is CC(C)N1C(=O)C(NC(=O)CCC2CCCCC2)C(=O)N(C(C)C)c2ccccc21. The highest BCUT2D eigenvalue weighted by atomic mass is 16.2. The minimum atomic E-state index is -1.19. The molecule has 6 heteroatoms. The summed E-state index contributed by atoms with van der Waals surface area (Å²) in [5.74, 6) is -0.368. The van der Waals surface area contributed by atoms with E-state index in [-0.39, 0.29) is 29.8 Å². The fraction of sp³-hybridized carbons (Fsp3) is 0.625. The predicted octanol–water partition coefficient (Wildman–Crippen LogP) is 4.03. The summed E-state index contributed by atoms with van der Waals surface area (Å²) in [5.41, 5.74) is 1.41. The number of nitrogens with zero attached hydrogens (tertiary/aromatic N) is 2. The van der Waals surface area contributed by atoms with Gasteiger partial charge in [-0.25, -0.2) is 0 Å². The molecule has 1 saturated carbocycles. The van der Waals surface area contributed by atoms with Crippen molar-refractivity contribution in [3.8, 4) is 0 Å². The van der Waals surface area contributed by atoms with E-state index in [2.05, 4.69) is 5.32 Å². The lowest BCUT2D eigenvalue weighted by atomic mass is 9.86. The Morgan fingerprint density at radius 2 is 1.43 bits per heavy atom. The van der Waals surface area contributed by atoms with Crippen molar-refractivity contribution in [3.05, 3.63) is 24.3 Å². The first-order chi connectivity index (χ1) is 14.3. The molecule has 0 spiro atoms. The summed E-state index contributed by atoms with van der Waals surface area (Å²) in [5, 5.41) is 2.78. The van der Waals surface area contributed by atoms with Crippen molar-refractivity contribution in [1.29, 1.82) is 0 Å². The Hall–Kier alpha value is -2.37. The predicted molar refractivity (Wildman–Crippen MR) is 119 cm³/mol. The van der Waals surface area contributed by atoms with Crippen molar-refractivity contribution in [2.75, 3.05) is 9.80 Å². The quantitative estimate of drug-likeness (QED) is 0.716. The van der Waals surface area contributed by atoms with E-state index < -0.39 is 6.04 Å². The Bertz CT molecular complexity index is 737. The van der Waals surface area contributed by atoms with E-state index in [1.165, 1.54) is 32.1 Å². The Morgan fingerprint density at radius 1 is 0.933 bits per heavy atom. The Labute approximate surface area is 180 Å². The molecule has 1 aromatic carbocycles. The molecule has 0 saturated heterocycles. The second-order valence-electron chi connectivity index (χ2n) is 9.14. The molecule has 1 N–H and O–H groups in total. The average molecular weight is 414 g/mol. The molecule has 0 atom stereocenters. The topological polar surface area (TPSA) is 69.7 Å². The normalized spacial score (nSPS) is 18.7. The fourth-order valence-corrected chi connectivity index (χ4v) is 4.73. The van der Waals surface area contributed by atoms with Gasteiger partial charge in [0.05, 0.1) is 11.4 Å². The number of rotatable bonds is 6. The first kappa shape index (κ1) is 22.3. The molecule has 1 aliphatic heterocycles. The molecule has 1 heterocycles. The van der Waals surface area contributed by atoms with E-state index in [9.17, 15) is 14.4 Å². The van der Waals surface area contributed by atoms with E-state index >= 15 is 0 Å². The minimum Gasteiger partial charge on any atom is -0.337 e. The first-order valence-electron chi connectivity index (χ1n) is 11.4. The minimum absolute atomic E-state index is 0.139. The van der Waals surface area contributed by atoms with E-state index in [4.69, 9.17) is 0 Å². The molecule has 0 unspecified atom stereocenters. The maximum atomic E-state index is 13.4. The van der Waals surface area contributed by atoms with Gasteiger partial charge in [-0.05, 0) is 52.2 Å². The second kappa shape index (κ2) is 9.63. The largest absolute Gasteiger partial charge is 0.337 e. The molecule has 30 heavy (non-hydrogen) atoms. The van der Waals surface area contributed by atoms with Crippen LogP contribution in [0.5, 0.6) is 0 Å². The highest BCUT2D eigenvalue weighted by Gasteiger charge is 2.42. The van der Waals surface area contributed by atoms with Crippen LogP contribution in [0.15, 0.2) is 24.3 Å². The van der Waals surface area contributed by atoms with Crippen molar-refractivity contribution in [3.63, 3.8) is 0 Å². The summed E-state index contributed by atoms with van der Waals surface area (Å²) in [6.45, 7) is 7.69. The third-order valence-corrected chi connectivity index (χ3v) is 6.21. The summed E-state index contributed by atoms with van der Waals surface area (Å²) in [6, 6.07) is 5.99. The second-order valence-corrected chi connectivity index (χ2v) is 9.14. The van der Waals surface area contributed by atoms with Crippen molar-refractivity contribution in [2.24, 2.45) is 5.92 Å². The third kappa shape index (κ3) is 4.68. The van der Waals surface area contributed by atoms with E-state index in [1.807, 2.05) is 52.0 Å². The molecular weight excluding hydrogens is 378 g/mol. The van der Waals surface area contributed by atoms with Crippen LogP contribution in [0, 0.1) is 5.92 Å². The van der Waals surface area contributed by atoms with Gasteiger partial charge in [0.25, 0.3) is 11.8 Å². The van der Waals surface area contributed by atoms with Gasteiger partial charge in [-0.2, -0.15) is 0 Å². The number of hydrogen-bond donors (Lipinski definition) is 1. The number of amides is 3. The lowest BCUT2D eigenvalue weighted by Crippen LogP contribution is -2.57. The van der Waals surface area contributed by atoms with Gasteiger partial charge in [-0.15, -0.1) is 0 Å². The maximum absolute atomic E-state index is 13.4. The number of para-hydroxylation sites is 2. The molecule has 0 bridgehead atoms. The number of carbonyl (C=O) groups is 3. The highest BCUT2D eigenvalue weighted by Crippen LogP contribution is 2.35. The van der Waals surface area contributed by atoms with Gasteiger partial charge >= 0.3 is 0 Å². The van der Waals surface area contributed by atoms with Gasteiger partial charge in [-0.3, -0.25) is 14.4 Å². The Balaban J connectivity index is 1.83. The lowest BCUT2D eigenvalue weighted by Gasteiger charge is -2.29. The maximum Gasteiger partial charge on any atom is 0.259 e. The molecule has 1 aliphatic carbocycles. The van der Waals surface area contributed by atoms with Crippen LogP contribution in [-0.4, -0.2) is 35.8 Å². The molecule has 3 amide bonds. The van der Waals surface area contributed by atoms with Crippen LogP contribution in [0.25, 0.3) is 0 Å². The molecule has 6 nitrogen and oxygen atoms in total. The Morgan fingerprint density at radius 3 is 1.90 bits per heavy atom. The molecule has 1 fully saturated rings. The van der Waals surface area contributed by atoms with Gasteiger partial charge in [-0.1, -0.05) is 44.2 Å². The number of anilines is 2. The van der Waals surface area contributed by atoms with E-state index in [0.29, 0.717) is 23.7 Å². The molecule has 164 valence electrons. The smallest absolute Gasteiger partial charge is 0.259 e. The summed E-state index contributed by atoms with van der Waals surface area (Å²) in [4.78, 5) is 42.9. The number of benzene rings is 1. The number of carbonyl (C=O) groups excluding carboxylic acids is 3. The number of nitrogens with one attached hydrogen (secondary N) is 1. The average Bonchev–Trinajstić information content (AvgIpc) is 2.80. The van der Waals surface area contributed by atoms with Gasteiger partial charge in [0.1, 0.15) is 0 Å². The zero-order chi connectivity index (χ0) is 21.8. The van der Waals surface area contributed by atoms with Crippen molar-refractivity contribution >= 4 is 29.1 Å². The van der Waals surface area contributed by atoms with Gasteiger partial charge < -0.3 is 15.1 Å². The van der Waals surface area contributed by atoms with Crippen LogP contribution in [-0.2, 0) is 14.4 Å². The zero-order valence-electron chi connectivity index (χ0n) is 18.7. The summed E-state index contributed by atoms with van der Waals surface area (Å²) < 4.78 is 0. The fourth-order valence-electron chi connectivity index (χ4n) is 4.73. The molecule has 0 radical (unpaired) electrons. The number of fused-ring (bicyclic) bond motifs is 1. The zero-order valence-corrected chi connectivity index (χ0v) is 18.7. The molecule has 2 aliphatic rings.